The largest absolute Gasteiger partial charge is 0.295 e. The lowest BCUT2D eigenvalue weighted by Gasteiger charge is -1.97. The van der Waals surface area contributed by atoms with E-state index in [4.69, 9.17) is 1.37 Å². The topological polar surface area (TPSA) is 17.1 Å². The quantitative estimate of drug-likeness (QED) is 0.590. The number of benzene rings is 1. The zero-order chi connectivity index (χ0) is 9.14. The molecule has 0 saturated carbocycles. The summed E-state index contributed by atoms with van der Waals surface area (Å²) in [5.41, 5.74) is 1.65. The van der Waals surface area contributed by atoms with Gasteiger partial charge in [0.2, 0.25) is 0 Å². The first kappa shape index (κ1) is 6.59. The van der Waals surface area contributed by atoms with E-state index in [0.29, 0.717) is 5.56 Å². The maximum absolute atomic E-state index is 10.9. The Morgan fingerprint density at radius 1 is 1.45 bits per heavy atom. The summed E-state index contributed by atoms with van der Waals surface area (Å²) in [6, 6.07) is 7.19. The van der Waals surface area contributed by atoms with Crippen molar-refractivity contribution in [3.63, 3.8) is 0 Å². The average Bonchev–Trinajstić information content (AvgIpc) is 2.04. The molecule has 0 radical (unpaired) electrons. The molecule has 1 atom stereocenters. The molecule has 0 spiro atoms. The summed E-state index contributed by atoms with van der Waals surface area (Å²) < 4.78 is 7.41. The van der Waals surface area contributed by atoms with Gasteiger partial charge in [-0.2, -0.15) is 0 Å². The lowest BCUT2D eigenvalue weighted by atomic mass is 10.1. The van der Waals surface area contributed by atoms with Crippen LogP contribution in [0.2, 0.25) is 0 Å². The normalized spacial score (nSPS) is 13.8. The van der Waals surface area contributed by atoms with E-state index in [2.05, 4.69) is 0 Å². The molecule has 0 unspecified atom stereocenters. The van der Waals surface area contributed by atoms with Crippen molar-refractivity contribution in [3.05, 3.63) is 35.4 Å². The van der Waals surface area contributed by atoms with Crippen LogP contribution in [0.3, 0.4) is 0 Å². The molecule has 0 heterocycles. The molecule has 0 bridgehead atoms. The van der Waals surface area contributed by atoms with Crippen LogP contribution in [-0.4, -0.2) is 5.78 Å². The fourth-order valence-electron chi connectivity index (χ4n) is 0.910. The number of rotatable bonds is 2. The van der Waals surface area contributed by atoms with Crippen molar-refractivity contribution in [2.45, 2.75) is 20.2 Å². The summed E-state index contributed by atoms with van der Waals surface area (Å²) in [6.45, 7) is 3.35. The van der Waals surface area contributed by atoms with E-state index in [1.807, 2.05) is 19.1 Å². The monoisotopic (exact) mass is 149 g/mol. The molecule has 0 amide bonds. The molecule has 11 heavy (non-hydrogen) atoms. The summed E-state index contributed by atoms with van der Waals surface area (Å²) in [6.07, 6.45) is -0.217. The Labute approximate surface area is 68.5 Å². The Morgan fingerprint density at radius 3 is 2.36 bits per heavy atom. The molecule has 1 heteroatoms. The minimum absolute atomic E-state index is 0.0687. The minimum Gasteiger partial charge on any atom is -0.295 e. The van der Waals surface area contributed by atoms with Crippen LogP contribution >= 0.6 is 0 Å². The van der Waals surface area contributed by atoms with Crippen LogP contribution in [-0.2, 0) is 6.40 Å². The van der Waals surface area contributed by atoms with Crippen molar-refractivity contribution in [3.8, 4) is 0 Å². The molecule has 0 aliphatic rings. The van der Waals surface area contributed by atoms with E-state index in [0.717, 1.165) is 5.56 Å². The third-order valence-electron chi connectivity index (χ3n) is 1.65. The Hall–Kier alpha value is -1.11. The Balaban J connectivity index is 2.93. The minimum atomic E-state index is -0.217. The molecule has 0 N–H and O–H groups in total. The van der Waals surface area contributed by atoms with Gasteiger partial charge in [-0.3, -0.25) is 4.79 Å². The summed E-state index contributed by atoms with van der Waals surface area (Å²) in [5.74, 6) is 0.0687. The standard InChI is InChI=1S/C10H12O/c1-3-9-4-6-10(7-5-9)8(2)11/h4-7H,3H2,1-2H3/i3D/t3-/m1/s1. The molecule has 0 fully saturated rings. The highest BCUT2D eigenvalue weighted by atomic mass is 16.1. The first-order chi connectivity index (χ1) is 5.61. The van der Waals surface area contributed by atoms with E-state index in [1.165, 1.54) is 0 Å². The van der Waals surface area contributed by atoms with E-state index in [1.54, 1.807) is 19.1 Å². The van der Waals surface area contributed by atoms with E-state index < -0.39 is 0 Å². The first-order valence-electron chi connectivity index (χ1n) is 4.22. The average molecular weight is 149 g/mol. The molecule has 0 aromatic heterocycles. The summed E-state index contributed by atoms with van der Waals surface area (Å²) in [7, 11) is 0. The van der Waals surface area contributed by atoms with Crippen molar-refractivity contribution in [2.24, 2.45) is 0 Å². The highest BCUT2D eigenvalue weighted by Crippen LogP contribution is 2.04. The zero-order valence-corrected chi connectivity index (χ0v) is 6.79. The van der Waals surface area contributed by atoms with Gasteiger partial charge in [0.25, 0.3) is 0 Å². The molecule has 1 aromatic rings. The number of ketones is 1. The van der Waals surface area contributed by atoms with Gasteiger partial charge in [-0.15, -0.1) is 0 Å². The first-order valence-corrected chi connectivity index (χ1v) is 3.64. The number of carbonyl (C=O) groups excluding carboxylic acids is 1. The summed E-state index contributed by atoms with van der Waals surface area (Å²) in [5, 5.41) is 0. The van der Waals surface area contributed by atoms with Gasteiger partial charge < -0.3 is 0 Å². The Morgan fingerprint density at radius 2 is 2.00 bits per heavy atom. The van der Waals surface area contributed by atoms with Crippen molar-refractivity contribution in [1.82, 2.24) is 0 Å². The molecular weight excluding hydrogens is 136 g/mol. The fourth-order valence-corrected chi connectivity index (χ4v) is 0.910. The van der Waals surface area contributed by atoms with Crippen LogP contribution in [0.5, 0.6) is 0 Å². The predicted molar refractivity (Wildman–Crippen MR) is 45.8 cm³/mol. The van der Waals surface area contributed by atoms with Crippen LogP contribution in [0.1, 0.15) is 31.1 Å². The molecule has 1 aromatic carbocycles. The maximum atomic E-state index is 10.9. The van der Waals surface area contributed by atoms with Crippen LogP contribution in [0, 0.1) is 0 Å². The maximum Gasteiger partial charge on any atom is 0.159 e. The number of aryl methyl sites for hydroxylation is 1. The van der Waals surface area contributed by atoms with Gasteiger partial charge in [0.15, 0.2) is 5.78 Å². The predicted octanol–water partition coefficient (Wildman–Crippen LogP) is 2.45. The van der Waals surface area contributed by atoms with Crippen LogP contribution in [0.4, 0.5) is 0 Å². The van der Waals surface area contributed by atoms with Gasteiger partial charge in [0.1, 0.15) is 0 Å². The van der Waals surface area contributed by atoms with Gasteiger partial charge in [-0.05, 0) is 18.9 Å². The van der Waals surface area contributed by atoms with Gasteiger partial charge in [0, 0.05) is 6.93 Å². The van der Waals surface area contributed by atoms with Crippen molar-refractivity contribution < 1.29 is 6.17 Å². The number of hydrogen-bond acceptors (Lipinski definition) is 1. The van der Waals surface area contributed by atoms with E-state index in [9.17, 15) is 4.79 Å². The van der Waals surface area contributed by atoms with Gasteiger partial charge in [-0.1, -0.05) is 31.2 Å². The third-order valence-corrected chi connectivity index (χ3v) is 1.65. The third kappa shape index (κ3) is 1.90. The van der Waals surface area contributed by atoms with Crippen LogP contribution in [0.15, 0.2) is 24.3 Å². The highest BCUT2D eigenvalue weighted by Gasteiger charge is 1.96. The smallest absolute Gasteiger partial charge is 0.159 e. The molecule has 1 rings (SSSR count). The van der Waals surface area contributed by atoms with E-state index >= 15 is 0 Å². The highest BCUT2D eigenvalue weighted by molar-refractivity contribution is 5.93. The second-order valence-electron chi connectivity index (χ2n) is 2.47. The molecule has 1 nitrogen and oxygen atoms in total. The van der Waals surface area contributed by atoms with E-state index in [-0.39, 0.29) is 12.2 Å². The molecule has 0 aliphatic heterocycles. The number of carbonyl (C=O) groups is 1. The van der Waals surface area contributed by atoms with Crippen molar-refractivity contribution in [2.75, 3.05) is 0 Å². The lowest BCUT2D eigenvalue weighted by molar-refractivity contribution is 0.101. The number of Topliss-reactive ketones (excluding diaryl/α,β-unsaturated/α-hetero) is 1. The van der Waals surface area contributed by atoms with Crippen LogP contribution in [0.25, 0.3) is 0 Å². The number of hydrogen-bond donors (Lipinski definition) is 0. The van der Waals surface area contributed by atoms with Gasteiger partial charge in [0.05, 0.1) is 0 Å². The molecule has 0 saturated heterocycles. The summed E-state index contributed by atoms with van der Waals surface area (Å²) in [4.78, 5) is 10.9. The molecular formula is C10H12O. The second kappa shape index (κ2) is 3.33. The molecule has 58 valence electrons. The Kier molecular flexibility index (Phi) is 2.00. The van der Waals surface area contributed by atoms with Gasteiger partial charge >= 0.3 is 0 Å². The SMILES string of the molecule is [2H][C@H](C)c1ccc(C(C)=O)cc1. The Bertz CT molecular complexity index is 274. The van der Waals surface area contributed by atoms with Crippen molar-refractivity contribution >= 4 is 5.78 Å². The second-order valence-corrected chi connectivity index (χ2v) is 2.47. The van der Waals surface area contributed by atoms with Crippen molar-refractivity contribution in [1.29, 1.82) is 0 Å². The fraction of sp³-hybridized carbons (Fsp3) is 0.300. The molecule has 0 aliphatic carbocycles. The summed E-state index contributed by atoms with van der Waals surface area (Å²) >= 11 is 0. The lowest BCUT2D eigenvalue weighted by Crippen LogP contribution is -1.91. The van der Waals surface area contributed by atoms with Gasteiger partial charge in [-0.25, -0.2) is 0 Å². The zero-order valence-electron chi connectivity index (χ0n) is 7.79. The van der Waals surface area contributed by atoms with Crippen LogP contribution < -0.4 is 0 Å².